The maximum atomic E-state index is 13.0. The van der Waals surface area contributed by atoms with Crippen molar-refractivity contribution in [3.63, 3.8) is 0 Å². The molecule has 11 heavy (non-hydrogen) atoms. The molecule has 0 spiro atoms. The molecule has 0 saturated carbocycles. The van der Waals surface area contributed by atoms with E-state index in [1.807, 2.05) is 6.07 Å². The number of alkyl halides is 1. The average molecular weight is 394 g/mol. The highest BCUT2D eigenvalue weighted by Crippen LogP contribution is 2.24. The zero-order valence-electron chi connectivity index (χ0n) is 5.37. The van der Waals surface area contributed by atoms with Crippen LogP contribution >= 0.6 is 54.5 Å². The third-order valence-electron chi connectivity index (χ3n) is 1.24. The van der Waals surface area contributed by atoms with Gasteiger partial charge in [0.25, 0.3) is 0 Å². The van der Waals surface area contributed by atoms with Gasteiger partial charge in [-0.3, -0.25) is 0 Å². The summed E-state index contributed by atoms with van der Waals surface area (Å²) in [5.41, 5.74) is 0.672. The summed E-state index contributed by atoms with van der Waals surface area (Å²) in [5, 5.41) is 0.538. The molecule has 0 saturated heterocycles. The third kappa shape index (κ3) is 2.39. The molecule has 0 N–H and O–H groups in total. The van der Waals surface area contributed by atoms with Crippen molar-refractivity contribution in [1.82, 2.24) is 0 Å². The molecule has 60 valence electrons. The standard InChI is InChI=1S/C7H4Br2FI/c8-3-5-6(9)1-4(11)2-7(5)10/h1-2H,3H2. The van der Waals surface area contributed by atoms with Crippen molar-refractivity contribution in [2.24, 2.45) is 0 Å². The van der Waals surface area contributed by atoms with E-state index in [1.54, 1.807) is 0 Å². The Bertz CT molecular complexity index is 252. The lowest BCUT2D eigenvalue weighted by atomic mass is 10.2. The molecular formula is C7H4Br2FI. The Kier molecular flexibility index (Phi) is 3.77. The van der Waals surface area contributed by atoms with Gasteiger partial charge in [0.15, 0.2) is 0 Å². The summed E-state index contributed by atoms with van der Waals surface area (Å²) in [5.74, 6) is -0.166. The molecule has 0 unspecified atom stereocenters. The van der Waals surface area contributed by atoms with E-state index in [9.17, 15) is 4.39 Å². The molecule has 0 aromatic heterocycles. The van der Waals surface area contributed by atoms with Gasteiger partial charge in [-0.05, 0) is 34.7 Å². The van der Waals surface area contributed by atoms with E-state index in [4.69, 9.17) is 0 Å². The highest BCUT2D eigenvalue weighted by atomic mass is 127. The third-order valence-corrected chi connectivity index (χ3v) is 3.13. The Hall–Kier alpha value is 0.840. The second-order valence-electron chi connectivity index (χ2n) is 1.98. The maximum absolute atomic E-state index is 13.0. The van der Waals surface area contributed by atoms with Crippen LogP contribution in [0.15, 0.2) is 16.6 Å². The minimum Gasteiger partial charge on any atom is -0.207 e. The van der Waals surface area contributed by atoms with Gasteiger partial charge < -0.3 is 0 Å². The van der Waals surface area contributed by atoms with Crippen molar-refractivity contribution in [3.05, 3.63) is 31.6 Å². The first kappa shape index (κ1) is 9.92. The average Bonchev–Trinajstić information content (AvgIpc) is 1.85. The lowest BCUT2D eigenvalue weighted by Gasteiger charge is -2.02. The summed E-state index contributed by atoms with van der Waals surface area (Å²) in [7, 11) is 0. The minimum absolute atomic E-state index is 0.166. The van der Waals surface area contributed by atoms with Gasteiger partial charge in [-0.15, -0.1) is 0 Å². The second kappa shape index (κ2) is 4.18. The smallest absolute Gasteiger partial charge is 0.129 e. The summed E-state index contributed by atoms with van der Waals surface area (Å²) in [4.78, 5) is 0. The van der Waals surface area contributed by atoms with Crippen LogP contribution in [-0.4, -0.2) is 0 Å². The van der Waals surface area contributed by atoms with Crippen molar-refractivity contribution in [2.75, 3.05) is 0 Å². The topological polar surface area (TPSA) is 0 Å². The normalized spacial score (nSPS) is 10.2. The molecule has 0 aliphatic rings. The Balaban J connectivity index is 3.25. The van der Waals surface area contributed by atoms with E-state index in [2.05, 4.69) is 54.5 Å². The fourth-order valence-corrected chi connectivity index (χ4v) is 3.23. The van der Waals surface area contributed by atoms with Crippen LogP contribution < -0.4 is 0 Å². The first-order valence-corrected chi connectivity index (χ1v) is 5.84. The molecule has 0 aliphatic carbocycles. The van der Waals surface area contributed by atoms with Crippen molar-refractivity contribution in [1.29, 1.82) is 0 Å². The summed E-state index contributed by atoms with van der Waals surface area (Å²) in [6.45, 7) is 0. The van der Waals surface area contributed by atoms with E-state index in [-0.39, 0.29) is 5.82 Å². The van der Waals surface area contributed by atoms with E-state index < -0.39 is 0 Å². The van der Waals surface area contributed by atoms with Crippen LogP contribution in [0.5, 0.6) is 0 Å². The SMILES string of the molecule is Fc1cc(I)cc(Br)c1CBr. The van der Waals surface area contributed by atoms with Gasteiger partial charge in [0.1, 0.15) is 5.82 Å². The van der Waals surface area contributed by atoms with Crippen LogP contribution in [0.25, 0.3) is 0 Å². The highest BCUT2D eigenvalue weighted by molar-refractivity contribution is 14.1. The Morgan fingerprint density at radius 3 is 2.55 bits per heavy atom. The molecule has 0 nitrogen and oxygen atoms in total. The van der Waals surface area contributed by atoms with E-state index >= 15 is 0 Å². The molecule has 0 amide bonds. The van der Waals surface area contributed by atoms with Crippen molar-refractivity contribution in [2.45, 2.75) is 5.33 Å². The molecule has 0 fully saturated rings. The van der Waals surface area contributed by atoms with Gasteiger partial charge >= 0.3 is 0 Å². The molecular weight excluding hydrogens is 390 g/mol. The molecule has 1 rings (SSSR count). The van der Waals surface area contributed by atoms with Crippen LogP contribution in [0.3, 0.4) is 0 Å². The number of hydrogen-bond acceptors (Lipinski definition) is 0. The second-order valence-corrected chi connectivity index (χ2v) is 4.64. The number of rotatable bonds is 1. The minimum atomic E-state index is -0.166. The predicted octanol–water partition coefficient (Wildman–Crippen LogP) is 4.09. The number of benzene rings is 1. The fraction of sp³-hybridized carbons (Fsp3) is 0.143. The Morgan fingerprint density at radius 2 is 2.09 bits per heavy atom. The Labute approximate surface area is 95.0 Å². The van der Waals surface area contributed by atoms with Gasteiger partial charge in [0.2, 0.25) is 0 Å². The maximum Gasteiger partial charge on any atom is 0.129 e. The van der Waals surface area contributed by atoms with Gasteiger partial charge in [-0.2, -0.15) is 0 Å². The zero-order chi connectivity index (χ0) is 8.43. The van der Waals surface area contributed by atoms with Crippen molar-refractivity contribution >= 4 is 54.5 Å². The quantitative estimate of drug-likeness (QED) is 0.498. The highest BCUT2D eigenvalue weighted by Gasteiger charge is 2.05. The monoisotopic (exact) mass is 392 g/mol. The van der Waals surface area contributed by atoms with Gasteiger partial charge in [-0.1, -0.05) is 31.9 Å². The van der Waals surface area contributed by atoms with Crippen LogP contribution in [0.1, 0.15) is 5.56 Å². The number of halogens is 4. The van der Waals surface area contributed by atoms with E-state index in [0.29, 0.717) is 10.9 Å². The van der Waals surface area contributed by atoms with Crippen LogP contribution in [-0.2, 0) is 5.33 Å². The van der Waals surface area contributed by atoms with E-state index in [0.717, 1.165) is 8.04 Å². The molecule has 0 atom stereocenters. The summed E-state index contributed by atoms with van der Waals surface area (Å²) in [6.07, 6.45) is 0. The Morgan fingerprint density at radius 1 is 1.45 bits per heavy atom. The summed E-state index contributed by atoms with van der Waals surface area (Å²) in [6, 6.07) is 3.40. The van der Waals surface area contributed by atoms with Crippen LogP contribution in [0.4, 0.5) is 4.39 Å². The molecule has 1 aromatic rings. The molecule has 0 aliphatic heterocycles. The molecule has 4 heteroatoms. The first-order valence-electron chi connectivity index (χ1n) is 2.84. The van der Waals surface area contributed by atoms with Gasteiger partial charge in [0, 0.05) is 18.9 Å². The van der Waals surface area contributed by atoms with Gasteiger partial charge in [-0.25, -0.2) is 4.39 Å². The van der Waals surface area contributed by atoms with Gasteiger partial charge in [0.05, 0.1) is 0 Å². The van der Waals surface area contributed by atoms with Crippen molar-refractivity contribution < 1.29 is 4.39 Å². The molecule has 0 radical (unpaired) electrons. The lowest BCUT2D eigenvalue weighted by molar-refractivity contribution is 0.615. The predicted molar refractivity (Wildman–Crippen MR) is 59.4 cm³/mol. The molecule has 0 heterocycles. The lowest BCUT2D eigenvalue weighted by Crippen LogP contribution is -1.88. The first-order chi connectivity index (χ1) is 5.15. The van der Waals surface area contributed by atoms with Crippen LogP contribution in [0, 0.1) is 9.39 Å². The summed E-state index contributed by atoms with van der Waals surface area (Å²) < 4.78 is 14.8. The number of hydrogen-bond donors (Lipinski definition) is 0. The molecule has 0 bridgehead atoms. The van der Waals surface area contributed by atoms with Crippen molar-refractivity contribution in [3.8, 4) is 0 Å². The molecule has 1 aromatic carbocycles. The van der Waals surface area contributed by atoms with E-state index in [1.165, 1.54) is 6.07 Å². The largest absolute Gasteiger partial charge is 0.207 e. The summed E-state index contributed by atoms with van der Waals surface area (Å²) >= 11 is 8.57. The fourth-order valence-electron chi connectivity index (χ4n) is 0.700. The zero-order valence-corrected chi connectivity index (χ0v) is 10.7. The van der Waals surface area contributed by atoms with Crippen LogP contribution in [0.2, 0.25) is 0 Å².